The summed E-state index contributed by atoms with van der Waals surface area (Å²) >= 11 is 0. The van der Waals surface area contributed by atoms with Gasteiger partial charge in [0.15, 0.2) is 0 Å². The summed E-state index contributed by atoms with van der Waals surface area (Å²) in [5, 5.41) is 0. The normalized spacial score (nSPS) is 24.0. The third-order valence-electron chi connectivity index (χ3n) is 2.01. The minimum atomic E-state index is 1.16. The van der Waals surface area contributed by atoms with Gasteiger partial charge in [0, 0.05) is 0 Å². The maximum absolute atomic E-state index is 2.30. The summed E-state index contributed by atoms with van der Waals surface area (Å²) in [4.78, 5) is 0. The molecule has 0 radical (unpaired) electrons. The zero-order valence-corrected chi connectivity index (χ0v) is 8.15. The zero-order chi connectivity index (χ0) is 9.19. The highest BCUT2D eigenvalue weighted by Gasteiger charge is 1.81. The first-order valence-corrected chi connectivity index (χ1v) is 5.13. The fourth-order valence-electron chi connectivity index (χ4n) is 1.26. The van der Waals surface area contributed by atoms with Crippen LogP contribution in [0.15, 0.2) is 48.6 Å². The van der Waals surface area contributed by atoms with Gasteiger partial charge in [0.2, 0.25) is 0 Å². The Balaban J connectivity index is 2.38. The average Bonchev–Trinajstić information content (AvgIpc) is 2.18. The molecule has 0 saturated heterocycles. The molecule has 13 heavy (non-hydrogen) atoms. The van der Waals surface area contributed by atoms with E-state index in [1.807, 2.05) is 0 Å². The van der Waals surface area contributed by atoms with Crippen molar-refractivity contribution in [1.29, 1.82) is 0 Å². The maximum Gasteiger partial charge on any atom is -0.0313 e. The lowest BCUT2D eigenvalue weighted by Crippen LogP contribution is -1.69. The van der Waals surface area contributed by atoms with Gasteiger partial charge in [0.1, 0.15) is 0 Å². The highest BCUT2D eigenvalue weighted by Crippen LogP contribution is 2.01. The van der Waals surface area contributed by atoms with Gasteiger partial charge in [-0.05, 0) is 32.1 Å². The van der Waals surface area contributed by atoms with Crippen LogP contribution in [0, 0.1) is 0 Å². The van der Waals surface area contributed by atoms with Crippen LogP contribution in [-0.4, -0.2) is 0 Å². The third kappa shape index (κ3) is 6.15. The van der Waals surface area contributed by atoms with Crippen LogP contribution >= 0.6 is 0 Å². The Morgan fingerprint density at radius 1 is 0.462 bits per heavy atom. The lowest BCUT2D eigenvalue weighted by Gasteiger charge is -1.89. The van der Waals surface area contributed by atoms with Gasteiger partial charge in [-0.3, -0.25) is 0 Å². The van der Waals surface area contributed by atoms with Crippen molar-refractivity contribution in [3.63, 3.8) is 0 Å². The highest BCUT2D eigenvalue weighted by atomic mass is 13.9. The van der Waals surface area contributed by atoms with Crippen molar-refractivity contribution in [3.05, 3.63) is 48.6 Å². The summed E-state index contributed by atoms with van der Waals surface area (Å²) < 4.78 is 0. The zero-order valence-electron chi connectivity index (χ0n) is 8.15. The van der Waals surface area contributed by atoms with E-state index in [-0.39, 0.29) is 0 Å². The van der Waals surface area contributed by atoms with Crippen molar-refractivity contribution < 1.29 is 0 Å². The first-order chi connectivity index (χ1) is 6.50. The molecule has 1 rings (SSSR count). The van der Waals surface area contributed by atoms with Gasteiger partial charge in [-0.2, -0.15) is 0 Å². The van der Waals surface area contributed by atoms with Gasteiger partial charge in [-0.25, -0.2) is 0 Å². The van der Waals surface area contributed by atoms with E-state index in [0.29, 0.717) is 0 Å². The van der Waals surface area contributed by atoms with Crippen molar-refractivity contribution in [2.24, 2.45) is 0 Å². The molecule has 0 heteroatoms. The van der Waals surface area contributed by atoms with E-state index in [9.17, 15) is 0 Å². The van der Waals surface area contributed by atoms with Crippen LogP contribution in [0.4, 0.5) is 0 Å². The van der Waals surface area contributed by atoms with Crippen molar-refractivity contribution >= 4 is 0 Å². The van der Waals surface area contributed by atoms with Crippen molar-refractivity contribution in [2.75, 3.05) is 0 Å². The molecule has 0 aromatic carbocycles. The standard InChI is InChI=1S/C13H18/c1-2-4-6-8-10-12-13-11-9-7-5-3-1/h1-6,11,13H,7-10,12H2/b2-1?,5-3?,6-4-,13-11+. The lowest BCUT2D eigenvalue weighted by atomic mass is 10.2. The van der Waals surface area contributed by atoms with Crippen LogP contribution in [0.3, 0.4) is 0 Å². The van der Waals surface area contributed by atoms with Crippen LogP contribution in [0.5, 0.6) is 0 Å². The molecule has 1 aliphatic carbocycles. The van der Waals surface area contributed by atoms with Gasteiger partial charge < -0.3 is 0 Å². The van der Waals surface area contributed by atoms with Crippen molar-refractivity contribution in [1.82, 2.24) is 0 Å². The monoisotopic (exact) mass is 174 g/mol. The average molecular weight is 174 g/mol. The second kappa shape index (κ2) is 7.60. The summed E-state index contributed by atoms with van der Waals surface area (Å²) in [5.74, 6) is 0. The largest absolute Gasteiger partial charge is 0.0885 e. The van der Waals surface area contributed by atoms with Gasteiger partial charge in [0.25, 0.3) is 0 Å². The van der Waals surface area contributed by atoms with E-state index in [1.165, 1.54) is 25.7 Å². The molecule has 0 bridgehead atoms. The van der Waals surface area contributed by atoms with Gasteiger partial charge in [-0.1, -0.05) is 48.6 Å². The topological polar surface area (TPSA) is 0 Å². The predicted molar refractivity (Wildman–Crippen MR) is 59.6 cm³/mol. The van der Waals surface area contributed by atoms with E-state index < -0.39 is 0 Å². The number of hydrogen-bond acceptors (Lipinski definition) is 0. The van der Waals surface area contributed by atoms with E-state index in [0.717, 1.165) is 6.42 Å². The Hall–Kier alpha value is -1.04. The Kier molecular flexibility index (Phi) is 5.87. The molecule has 0 saturated carbocycles. The van der Waals surface area contributed by atoms with Crippen LogP contribution < -0.4 is 0 Å². The summed E-state index contributed by atoms with van der Waals surface area (Å²) in [6, 6.07) is 0. The number of rotatable bonds is 0. The second-order valence-electron chi connectivity index (χ2n) is 3.22. The Labute approximate surface area is 81.4 Å². The maximum atomic E-state index is 2.30. The van der Waals surface area contributed by atoms with Crippen LogP contribution in [0.2, 0.25) is 0 Å². The summed E-state index contributed by atoms with van der Waals surface area (Å²) in [6.45, 7) is 0. The molecule has 0 nitrogen and oxygen atoms in total. The predicted octanol–water partition coefficient (Wildman–Crippen LogP) is 4.18. The molecule has 0 amide bonds. The molecule has 0 fully saturated rings. The first-order valence-electron chi connectivity index (χ1n) is 5.13. The molecule has 0 heterocycles. The second-order valence-corrected chi connectivity index (χ2v) is 3.22. The Morgan fingerprint density at radius 3 is 1.85 bits per heavy atom. The quantitative estimate of drug-likeness (QED) is 0.483. The van der Waals surface area contributed by atoms with Gasteiger partial charge in [-0.15, -0.1) is 0 Å². The van der Waals surface area contributed by atoms with E-state index in [1.54, 1.807) is 0 Å². The van der Waals surface area contributed by atoms with Crippen molar-refractivity contribution in [3.8, 4) is 0 Å². The smallest absolute Gasteiger partial charge is 0.0313 e. The van der Waals surface area contributed by atoms with E-state index >= 15 is 0 Å². The Bertz CT molecular complexity index is 216. The molecule has 0 N–H and O–H groups in total. The van der Waals surface area contributed by atoms with Gasteiger partial charge >= 0.3 is 0 Å². The summed E-state index contributed by atoms with van der Waals surface area (Å²) in [5.41, 5.74) is 0. The van der Waals surface area contributed by atoms with Crippen LogP contribution in [0.1, 0.15) is 32.1 Å². The molecule has 0 aromatic rings. The highest BCUT2D eigenvalue weighted by molar-refractivity contribution is 5.11. The molecular formula is C13H18. The number of allylic oxidation sites excluding steroid dienone is 8. The first kappa shape index (κ1) is 10.0. The molecule has 1 aliphatic rings. The van der Waals surface area contributed by atoms with E-state index in [4.69, 9.17) is 0 Å². The number of hydrogen-bond donors (Lipinski definition) is 0. The van der Waals surface area contributed by atoms with Gasteiger partial charge in [0.05, 0.1) is 0 Å². The summed E-state index contributed by atoms with van der Waals surface area (Å²) in [7, 11) is 0. The Morgan fingerprint density at radius 2 is 1.00 bits per heavy atom. The minimum absolute atomic E-state index is 1.16. The molecule has 0 atom stereocenters. The molecule has 0 unspecified atom stereocenters. The molecule has 0 aromatic heterocycles. The summed E-state index contributed by atoms with van der Waals surface area (Å²) in [6.07, 6.45) is 23.5. The molecule has 0 spiro atoms. The lowest BCUT2D eigenvalue weighted by molar-refractivity contribution is 0.863. The van der Waals surface area contributed by atoms with Crippen molar-refractivity contribution in [2.45, 2.75) is 32.1 Å². The molecular weight excluding hydrogens is 156 g/mol. The van der Waals surface area contributed by atoms with Crippen LogP contribution in [0.25, 0.3) is 0 Å². The SMILES string of the molecule is C1=C/C=C\CCC/C=C/CCC=C1. The fraction of sp³-hybridized carbons (Fsp3) is 0.385. The van der Waals surface area contributed by atoms with E-state index in [2.05, 4.69) is 48.6 Å². The van der Waals surface area contributed by atoms with Crippen LogP contribution in [-0.2, 0) is 0 Å². The minimum Gasteiger partial charge on any atom is -0.0885 e. The third-order valence-corrected chi connectivity index (χ3v) is 2.01. The fourth-order valence-corrected chi connectivity index (χ4v) is 1.26. The molecule has 0 aliphatic heterocycles. The molecule has 70 valence electrons.